The van der Waals surface area contributed by atoms with Crippen molar-refractivity contribution in [1.29, 1.82) is 0 Å². The van der Waals surface area contributed by atoms with Gasteiger partial charge in [-0.25, -0.2) is 0 Å². The molecule has 21 heavy (non-hydrogen) atoms. The van der Waals surface area contributed by atoms with Crippen LogP contribution in [0.2, 0.25) is 0 Å². The van der Waals surface area contributed by atoms with Crippen molar-refractivity contribution in [3.63, 3.8) is 0 Å². The van der Waals surface area contributed by atoms with Crippen molar-refractivity contribution >= 4 is 0 Å². The Morgan fingerprint density at radius 2 is 1.67 bits per heavy atom. The Kier molecular flexibility index (Phi) is 4.25. The molecule has 0 fully saturated rings. The molecule has 0 amide bonds. The van der Waals surface area contributed by atoms with Crippen LogP contribution in [0, 0.1) is 0 Å². The highest BCUT2D eigenvalue weighted by atomic mass is 16.5. The summed E-state index contributed by atoms with van der Waals surface area (Å²) in [5.41, 5.74) is 2.48. The lowest BCUT2D eigenvalue weighted by atomic mass is 10.1. The number of hydrogen-bond donors (Lipinski definition) is 1. The Labute approximate surface area is 125 Å². The molecule has 2 aromatic rings. The molecule has 1 N–H and O–H groups in total. The molecule has 4 bridgehead atoms. The van der Waals surface area contributed by atoms with Crippen LogP contribution in [0.25, 0.3) is 0 Å². The van der Waals surface area contributed by atoms with Gasteiger partial charge in [0.25, 0.3) is 0 Å². The summed E-state index contributed by atoms with van der Waals surface area (Å²) >= 11 is 0. The number of phenols is 1. The highest BCUT2D eigenvalue weighted by Crippen LogP contribution is 2.32. The summed E-state index contributed by atoms with van der Waals surface area (Å²) in [6.07, 6.45) is 9.94. The van der Waals surface area contributed by atoms with Gasteiger partial charge in [0, 0.05) is 0 Å². The maximum atomic E-state index is 9.94. The lowest BCUT2D eigenvalue weighted by Crippen LogP contribution is -1.90. The number of aryl methyl sites for hydroxylation is 1. The second-order valence-electron chi connectivity index (χ2n) is 5.47. The molecule has 2 aliphatic heterocycles. The number of hydrogen-bond acceptors (Lipinski definition) is 2. The average Bonchev–Trinajstić information content (AvgIpc) is 2.51. The summed E-state index contributed by atoms with van der Waals surface area (Å²) in [6.45, 7) is 0. The normalized spacial score (nSPS) is 16.6. The largest absolute Gasteiger partial charge is 0.504 e. The first-order valence-electron chi connectivity index (χ1n) is 7.55. The van der Waals surface area contributed by atoms with E-state index in [9.17, 15) is 5.11 Å². The monoisotopic (exact) mass is 280 g/mol. The summed E-state index contributed by atoms with van der Waals surface area (Å²) < 4.78 is 5.81. The third-order valence-corrected chi connectivity index (χ3v) is 3.78. The van der Waals surface area contributed by atoms with E-state index in [0.717, 1.165) is 31.4 Å². The Balaban J connectivity index is 1.91. The van der Waals surface area contributed by atoms with Gasteiger partial charge in [0.05, 0.1) is 0 Å². The molecule has 0 saturated heterocycles. The predicted octanol–water partition coefficient (Wildman–Crippen LogP) is 5.01. The van der Waals surface area contributed by atoms with E-state index in [2.05, 4.69) is 24.3 Å². The number of allylic oxidation sites excluding steroid dienone is 2. The molecule has 2 heterocycles. The Bertz CT molecular complexity index is 627. The number of rotatable bonds is 0. The van der Waals surface area contributed by atoms with Crippen LogP contribution in [0.5, 0.6) is 17.2 Å². The predicted molar refractivity (Wildman–Crippen MR) is 85.0 cm³/mol. The highest BCUT2D eigenvalue weighted by Gasteiger charge is 2.06. The SMILES string of the molecule is Oc1ccc2cc1Oc1ccc(cc1)C/C=C/CCCC2. The van der Waals surface area contributed by atoms with E-state index in [1.807, 2.05) is 24.3 Å². The van der Waals surface area contributed by atoms with Gasteiger partial charge in [0.15, 0.2) is 11.5 Å². The van der Waals surface area contributed by atoms with Crippen molar-refractivity contribution in [3.8, 4) is 17.2 Å². The molecule has 0 saturated carbocycles. The van der Waals surface area contributed by atoms with Crippen molar-refractivity contribution < 1.29 is 9.84 Å². The third-order valence-electron chi connectivity index (χ3n) is 3.78. The molecule has 0 unspecified atom stereocenters. The van der Waals surface area contributed by atoms with Crippen LogP contribution in [0.15, 0.2) is 54.6 Å². The first-order chi connectivity index (χ1) is 10.3. The number of ether oxygens (including phenoxy) is 1. The van der Waals surface area contributed by atoms with Gasteiger partial charge in [0.2, 0.25) is 0 Å². The topological polar surface area (TPSA) is 29.5 Å². The van der Waals surface area contributed by atoms with E-state index >= 15 is 0 Å². The van der Waals surface area contributed by atoms with Crippen LogP contribution in [0.1, 0.15) is 30.4 Å². The second-order valence-corrected chi connectivity index (χ2v) is 5.47. The molecular weight excluding hydrogens is 260 g/mol. The summed E-state index contributed by atoms with van der Waals surface area (Å²) in [7, 11) is 0. The molecule has 0 spiro atoms. The maximum absolute atomic E-state index is 9.94. The van der Waals surface area contributed by atoms with Crippen LogP contribution in [-0.4, -0.2) is 5.11 Å². The molecule has 2 heteroatoms. The smallest absolute Gasteiger partial charge is 0.169 e. The van der Waals surface area contributed by atoms with Gasteiger partial charge in [-0.1, -0.05) is 30.4 Å². The standard InChI is InChI=1S/C19H20O2/c20-18-13-10-16-7-5-3-1-2-4-6-15-8-11-17(12-9-15)21-19(18)14-16/h2,4,8-14,20H,1,3,5-7H2/b4-2+. The maximum Gasteiger partial charge on any atom is 0.169 e. The van der Waals surface area contributed by atoms with Crippen molar-refractivity contribution in [3.05, 3.63) is 65.7 Å². The zero-order valence-electron chi connectivity index (χ0n) is 12.1. The minimum absolute atomic E-state index is 0.189. The molecular formula is C19H20O2. The van der Waals surface area contributed by atoms with E-state index in [1.165, 1.54) is 17.5 Å². The molecule has 4 rings (SSSR count). The zero-order valence-corrected chi connectivity index (χ0v) is 12.1. The van der Waals surface area contributed by atoms with Crippen LogP contribution in [-0.2, 0) is 12.8 Å². The minimum Gasteiger partial charge on any atom is -0.504 e. The fourth-order valence-electron chi connectivity index (χ4n) is 2.54. The summed E-state index contributed by atoms with van der Waals surface area (Å²) in [5, 5.41) is 9.94. The molecule has 2 nitrogen and oxygen atoms in total. The van der Waals surface area contributed by atoms with Crippen molar-refractivity contribution in [2.45, 2.75) is 32.1 Å². The number of aromatic hydroxyl groups is 1. The van der Waals surface area contributed by atoms with Gasteiger partial charge < -0.3 is 9.84 Å². The van der Waals surface area contributed by atoms with Crippen LogP contribution >= 0.6 is 0 Å². The van der Waals surface area contributed by atoms with Gasteiger partial charge in [-0.15, -0.1) is 0 Å². The zero-order chi connectivity index (χ0) is 14.5. The molecule has 0 aliphatic carbocycles. The van der Waals surface area contributed by atoms with Crippen molar-refractivity contribution in [1.82, 2.24) is 0 Å². The third kappa shape index (κ3) is 3.66. The fourth-order valence-corrected chi connectivity index (χ4v) is 2.54. The van der Waals surface area contributed by atoms with Gasteiger partial charge >= 0.3 is 0 Å². The Hall–Kier alpha value is -2.22. The van der Waals surface area contributed by atoms with E-state index in [4.69, 9.17) is 4.74 Å². The average molecular weight is 280 g/mol. The molecule has 0 aromatic heterocycles. The quantitative estimate of drug-likeness (QED) is 0.687. The number of benzene rings is 2. The Morgan fingerprint density at radius 1 is 0.857 bits per heavy atom. The van der Waals surface area contributed by atoms with Gasteiger partial charge in [-0.2, -0.15) is 0 Å². The number of fused-ring (bicyclic) bond motifs is 7. The molecule has 108 valence electrons. The van der Waals surface area contributed by atoms with E-state index in [1.54, 1.807) is 6.07 Å². The van der Waals surface area contributed by atoms with Gasteiger partial charge in [-0.05, 0) is 67.5 Å². The van der Waals surface area contributed by atoms with E-state index in [-0.39, 0.29) is 5.75 Å². The van der Waals surface area contributed by atoms with Crippen LogP contribution in [0.3, 0.4) is 0 Å². The van der Waals surface area contributed by atoms with Crippen molar-refractivity contribution in [2.24, 2.45) is 0 Å². The lowest BCUT2D eigenvalue weighted by Gasteiger charge is -2.10. The molecule has 2 aromatic carbocycles. The van der Waals surface area contributed by atoms with Crippen molar-refractivity contribution in [2.75, 3.05) is 0 Å². The molecule has 0 radical (unpaired) electrons. The van der Waals surface area contributed by atoms with Gasteiger partial charge in [0.1, 0.15) is 5.75 Å². The highest BCUT2D eigenvalue weighted by molar-refractivity contribution is 5.45. The van der Waals surface area contributed by atoms with E-state index in [0.29, 0.717) is 5.75 Å². The first kappa shape index (κ1) is 13.7. The second kappa shape index (κ2) is 6.49. The van der Waals surface area contributed by atoms with E-state index < -0.39 is 0 Å². The van der Waals surface area contributed by atoms with Crippen LogP contribution < -0.4 is 4.74 Å². The summed E-state index contributed by atoms with van der Waals surface area (Å²) in [6, 6.07) is 13.7. The molecule has 0 atom stereocenters. The van der Waals surface area contributed by atoms with Gasteiger partial charge in [-0.3, -0.25) is 0 Å². The molecule has 2 aliphatic rings. The number of phenolic OH excluding ortho intramolecular Hbond substituents is 1. The first-order valence-corrected chi connectivity index (χ1v) is 7.55. The van der Waals surface area contributed by atoms with Crippen LogP contribution in [0.4, 0.5) is 0 Å². The Morgan fingerprint density at radius 3 is 2.52 bits per heavy atom. The summed E-state index contributed by atoms with van der Waals surface area (Å²) in [5.74, 6) is 1.48. The summed E-state index contributed by atoms with van der Waals surface area (Å²) in [4.78, 5) is 0. The fraction of sp³-hybridized carbons (Fsp3) is 0.263. The minimum atomic E-state index is 0.189. The lowest BCUT2D eigenvalue weighted by molar-refractivity contribution is 0.410.